The van der Waals surface area contributed by atoms with Crippen molar-refractivity contribution in [2.75, 3.05) is 25.0 Å². The summed E-state index contributed by atoms with van der Waals surface area (Å²) in [4.78, 5) is 39.1. The number of hydrogen-bond acceptors (Lipinski definition) is 3. The molecular formula is C24H29FN4O3. The van der Waals surface area contributed by atoms with Crippen LogP contribution in [0.2, 0.25) is 0 Å². The van der Waals surface area contributed by atoms with Gasteiger partial charge in [0.2, 0.25) is 5.91 Å². The summed E-state index contributed by atoms with van der Waals surface area (Å²) >= 11 is 0. The molecule has 2 atom stereocenters. The number of carbonyl (C=O) groups is 3. The number of piperidine rings is 1. The first kappa shape index (κ1) is 23.2. The van der Waals surface area contributed by atoms with E-state index in [1.165, 1.54) is 18.2 Å². The Balaban J connectivity index is 1.47. The van der Waals surface area contributed by atoms with Gasteiger partial charge in [-0.2, -0.15) is 0 Å². The Morgan fingerprint density at radius 2 is 1.94 bits per heavy atom. The number of anilines is 1. The van der Waals surface area contributed by atoms with Gasteiger partial charge in [-0.25, -0.2) is 9.18 Å². The molecular weight excluding hydrogens is 411 g/mol. The minimum absolute atomic E-state index is 0.102. The number of carbonyl (C=O) groups excluding carboxylic acids is 3. The normalized spacial score (nSPS) is 16.7. The highest BCUT2D eigenvalue weighted by atomic mass is 19.1. The second-order valence-corrected chi connectivity index (χ2v) is 8.20. The maximum Gasteiger partial charge on any atom is 0.319 e. The van der Waals surface area contributed by atoms with Gasteiger partial charge in [0, 0.05) is 30.9 Å². The first-order valence-electron chi connectivity index (χ1n) is 10.8. The van der Waals surface area contributed by atoms with Crippen LogP contribution in [0.1, 0.15) is 35.7 Å². The van der Waals surface area contributed by atoms with Crippen molar-refractivity contribution in [3.05, 3.63) is 65.5 Å². The fourth-order valence-corrected chi connectivity index (χ4v) is 3.81. The number of benzene rings is 2. The van der Waals surface area contributed by atoms with E-state index in [2.05, 4.69) is 16.0 Å². The summed E-state index contributed by atoms with van der Waals surface area (Å²) in [5.74, 6) is -0.739. The zero-order valence-corrected chi connectivity index (χ0v) is 18.4. The summed E-state index contributed by atoms with van der Waals surface area (Å²) in [6.07, 6.45) is 1.70. The van der Waals surface area contributed by atoms with Crippen molar-refractivity contribution in [3.63, 3.8) is 0 Å². The average Bonchev–Trinajstić information content (AvgIpc) is 2.77. The Labute approximate surface area is 187 Å². The van der Waals surface area contributed by atoms with E-state index in [4.69, 9.17) is 0 Å². The molecule has 1 aliphatic rings. The van der Waals surface area contributed by atoms with Crippen LogP contribution in [0, 0.1) is 18.7 Å². The third-order valence-electron chi connectivity index (χ3n) is 5.46. The van der Waals surface area contributed by atoms with E-state index in [-0.39, 0.29) is 17.7 Å². The summed E-state index contributed by atoms with van der Waals surface area (Å²) in [6.45, 7) is 5.12. The number of urea groups is 1. The Morgan fingerprint density at radius 1 is 1.16 bits per heavy atom. The van der Waals surface area contributed by atoms with Gasteiger partial charge in [0.05, 0.1) is 0 Å². The predicted octanol–water partition coefficient (Wildman–Crippen LogP) is 3.31. The number of amides is 4. The van der Waals surface area contributed by atoms with Crippen LogP contribution in [0.3, 0.4) is 0 Å². The fourth-order valence-electron chi connectivity index (χ4n) is 3.81. The van der Waals surface area contributed by atoms with Crippen LogP contribution < -0.4 is 16.0 Å². The Kier molecular flexibility index (Phi) is 7.81. The van der Waals surface area contributed by atoms with Crippen LogP contribution in [-0.4, -0.2) is 48.4 Å². The summed E-state index contributed by atoms with van der Waals surface area (Å²) in [7, 11) is 0. The van der Waals surface area contributed by atoms with E-state index < -0.39 is 17.9 Å². The van der Waals surface area contributed by atoms with Crippen LogP contribution in [-0.2, 0) is 4.79 Å². The second kappa shape index (κ2) is 10.7. The van der Waals surface area contributed by atoms with Crippen molar-refractivity contribution in [2.24, 2.45) is 5.92 Å². The molecule has 2 aromatic carbocycles. The lowest BCUT2D eigenvalue weighted by molar-refractivity contribution is -0.134. The zero-order valence-electron chi connectivity index (χ0n) is 18.4. The SMILES string of the molecule is Cc1cccc(C(=O)NC(C)C(=O)N2CCCC(CNC(=O)Nc3cccc(F)c3)C2)c1. The predicted molar refractivity (Wildman–Crippen MR) is 121 cm³/mol. The Bertz CT molecular complexity index is 981. The standard InChI is InChI=1S/C24H29FN4O3/c1-16-6-3-8-19(12-16)22(30)27-17(2)23(31)29-11-5-7-18(15-29)14-26-24(32)28-21-10-4-9-20(25)13-21/h3-4,6,8-10,12-13,17-18H,5,7,11,14-15H2,1-2H3,(H,27,30)(H2,26,28,32). The minimum atomic E-state index is -0.647. The van der Waals surface area contributed by atoms with E-state index in [1.807, 2.05) is 19.1 Å². The second-order valence-electron chi connectivity index (χ2n) is 8.20. The molecule has 3 N–H and O–H groups in total. The van der Waals surface area contributed by atoms with Gasteiger partial charge >= 0.3 is 6.03 Å². The third-order valence-corrected chi connectivity index (χ3v) is 5.46. The van der Waals surface area contributed by atoms with Gasteiger partial charge in [-0.3, -0.25) is 9.59 Å². The smallest absolute Gasteiger partial charge is 0.319 e. The molecule has 32 heavy (non-hydrogen) atoms. The molecule has 1 heterocycles. The van der Waals surface area contributed by atoms with Gasteiger partial charge in [-0.15, -0.1) is 0 Å². The molecule has 0 bridgehead atoms. The topological polar surface area (TPSA) is 90.5 Å². The first-order valence-corrected chi connectivity index (χ1v) is 10.8. The van der Waals surface area contributed by atoms with Crippen LogP contribution in [0.25, 0.3) is 0 Å². The third kappa shape index (κ3) is 6.54. The number of nitrogens with zero attached hydrogens (tertiary/aromatic N) is 1. The van der Waals surface area contributed by atoms with Crippen LogP contribution in [0.5, 0.6) is 0 Å². The maximum atomic E-state index is 13.2. The largest absolute Gasteiger partial charge is 0.341 e. The molecule has 170 valence electrons. The minimum Gasteiger partial charge on any atom is -0.341 e. The van der Waals surface area contributed by atoms with Gasteiger partial charge < -0.3 is 20.9 Å². The lowest BCUT2D eigenvalue weighted by Gasteiger charge is -2.34. The molecule has 1 saturated heterocycles. The number of nitrogens with one attached hydrogen (secondary N) is 3. The summed E-state index contributed by atoms with van der Waals surface area (Å²) < 4.78 is 13.2. The van der Waals surface area contributed by atoms with Gasteiger partial charge in [-0.1, -0.05) is 23.8 Å². The summed E-state index contributed by atoms with van der Waals surface area (Å²) in [5.41, 5.74) is 1.88. The van der Waals surface area contributed by atoms with Gasteiger partial charge in [0.25, 0.3) is 5.91 Å². The fraction of sp³-hybridized carbons (Fsp3) is 0.375. The average molecular weight is 441 g/mol. The van der Waals surface area contributed by atoms with E-state index in [1.54, 1.807) is 30.0 Å². The lowest BCUT2D eigenvalue weighted by Crippen LogP contribution is -2.51. The van der Waals surface area contributed by atoms with Crippen LogP contribution in [0.15, 0.2) is 48.5 Å². The van der Waals surface area contributed by atoms with Crippen LogP contribution in [0.4, 0.5) is 14.9 Å². The number of hydrogen-bond donors (Lipinski definition) is 3. The Morgan fingerprint density at radius 3 is 2.69 bits per heavy atom. The highest BCUT2D eigenvalue weighted by Gasteiger charge is 2.28. The molecule has 0 radical (unpaired) electrons. The van der Waals surface area contributed by atoms with Crippen molar-refractivity contribution < 1.29 is 18.8 Å². The van der Waals surface area contributed by atoms with E-state index in [9.17, 15) is 18.8 Å². The monoisotopic (exact) mass is 440 g/mol. The van der Waals surface area contributed by atoms with E-state index in [0.29, 0.717) is 30.9 Å². The van der Waals surface area contributed by atoms with E-state index >= 15 is 0 Å². The summed E-state index contributed by atoms with van der Waals surface area (Å²) in [5, 5.41) is 8.16. The molecule has 0 spiro atoms. The van der Waals surface area contributed by atoms with Gasteiger partial charge in [-0.05, 0) is 62.9 Å². The Hall–Kier alpha value is -3.42. The number of rotatable bonds is 6. The zero-order chi connectivity index (χ0) is 23.1. The van der Waals surface area contributed by atoms with Crippen molar-refractivity contribution in [3.8, 4) is 0 Å². The molecule has 8 heteroatoms. The van der Waals surface area contributed by atoms with Crippen molar-refractivity contribution in [2.45, 2.75) is 32.7 Å². The van der Waals surface area contributed by atoms with Gasteiger partial charge in [0.15, 0.2) is 0 Å². The first-order chi connectivity index (χ1) is 15.3. The molecule has 3 rings (SSSR count). The van der Waals surface area contributed by atoms with Crippen molar-refractivity contribution >= 4 is 23.5 Å². The molecule has 0 saturated carbocycles. The molecule has 0 aromatic heterocycles. The van der Waals surface area contributed by atoms with Crippen LogP contribution >= 0.6 is 0 Å². The molecule has 7 nitrogen and oxygen atoms in total. The lowest BCUT2D eigenvalue weighted by atomic mass is 9.97. The molecule has 2 aromatic rings. The molecule has 0 aliphatic carbocycles. The summed E-state index contributed by atoms with van der Waals surface area (Å²) in [6, 6.07) is 11.8. The van der Waals surface area contributed by atoms with E-state index in [0.717, 1.165) is 18.4 Å². The molecule has 1 aliphatic heterocycles. The highest BCUT2D eigenvalue weighted by Crippen LogP contribution is 2.17. The van der Waals surface area contributed by atoms with Crippen molar-refractivity contribution in [1.29, 1.82) is 0 Å². The quantitative estimate of drug-likeness (QED) is 0.644. The van der Waals surface area contributed by atoms with Gasteiger partial charge in [0.1, 0.15) is 11.9 Å². The number of halogens is 1. The molecule has 4 amide bonds. The van der Waals surface area contributed by atoms with Crippen molar-refractivity contribution in [1.82, 2.24) is 15.5 Å². The maximum absolute atomic E-state index is 13.2. The highest BCUT2D eigenvalue weighted by molar-refractivity contribution is 5.97. The number of likely N-dealkylation sites (tertiary alicyclic amines) is 1. The number of aryl methyl sites for hydroxylation is 1. The molecule has 2 unspecified atom stereocenters. The molecule has 1 fully saturated rings.